The minimum atomic E-state index is -0.686. The molecule has 0 saturated carbocycles. The summed E-state index contributed by atoms with van der Waals surface area (Å²) in [4.78, 5) is 12.1. The highest BCUT2D eigenvalue weighted by atomic mass is 19.1. The summed E-state index contributed by atoms with van der Waals surface area (Å²) in [7, 11) is 0. The van der Waals surface area contributed by atoms with E-state index >= 15 is 0 Å². The molecule has 25 heavy (non-hydrogen) atoms. The molecule has 0 spiro atoms. The first-order chi connectivity index (χ1) is 12.1. The molecule has 2 heterocycles. The second kappa shape index (κ2) is 6.12. The maximum atomic E-state index is 14.2. The molecule has 0 fully saturated rings. The Morgan fingerprint density at radius 3 is 2.52 bits per heavy atom. The molecule has 1 aromatic heterocycles. The molecular weight excluding hydrogens is 324 g/mol. The number of anilines is 1. The fourth-order valence-corrected chi connectivity index (χ4v) is 3.25. The number of hydrogen-bond acceptors (Lipinski definition) is 2. The first-order valence-electron chi connectivity index (χ1n) is 7.97. The van der Waals surface area contributed by atoms with Crippen molar-refractivity contribution in [2.75, 3.05) is 5.32 Å². The number of hydrogen-bond donors (Lipinski definition) is 1. The number of nitrogens with one attached hydrogen (secondary N) is 1. The van der Waals surface area contributed by atoms with Gasteiger partial charge in [0.2, 0.25) is 5.91 Å². The molecule has 126 valence electrons. The maximum absolute atomic E-state index is 14.2. The Morgan fingerprint density at radius 2 is 1.80 bits per heavy atom. The van der Waals surface area contributed by atoms with Gasteiger partial charge >= 0.3 is 0 Å². The molecule has 1 aliphatic rings. The van der Waals surface area contributed by atoms with Crippen LogP contribution in [0.25, 0.3) is 0 Å². The van der Waals surface area contributed by atoms with E-state index in [2.05, 4.69) is 10.4 Å². The summed E-state index contributed by atoms with van der Waals surface area (Å²) >= 11 is 0. The van der Waals surface area contributed by atoms with Crippen LogP contribution in [0.4, 0.5) is 14.6 Å². The standard InChI is InChI=1S/C19H15F2N3O/c20-15-7-4-8-16(21)18(15)13-9-17(25)23-19-14(13)10-22-24(19)11-12-5-2-1-3-6-12/h1-8,10,13H,9,11H2,(H,23,25)/t13-/m0/s1. The van der Waals surface area contributed by atoms with Crippen LogP contribution >= 0.6 is 0 Å². The average Bonchev–Trinajstić information content (AvgIpc) is 2.98. The van der Waals surface area contributed by atoms with E-state index in [0.29, 0.717) is 17.9 Å². The number of fused-ring (bicyclic) bond motifs is 1. The van der Waals surface area contributed by atoms with Gasteiger partial charge in [-0.3, -0.25) is 4.79 Å². The van der Waals surface area contributed by atoms with Crippen molar-refractivity contribution < 1.29 is 13.6 Å². The molecule has 6 heteroatoms. The Hall–Kier alpha value is -3.02. The van der Waals surface area contributed by atoms with Crippen LogP contribution in [0.3, 0.4) is 0 Å². The van der Waals surface area contributed by atoms with Crippen LogP contribution in [0.5, 0.6) is 0 Å². The highest BCUT2D eigenvalue weighted by Crippen LogP contribution is 2.39. The Balaban J connectivity index is 1.77. The predicted molar refractivity (Wildman–Crippen MR) is 89.2 cm³/mol. The smallest absolute Gasteiger partial charge is 0.226 e. The zero-order valence-electron chi connectivity index (χ0n) is 13.2. The van der Waals surface area contributed by atoms with E-state index in [4.69, 9.17) is 0 Å². The van der Waals surface area contributed by atoms with Gasteiger partial charge in [0.05, 0.1) is 12.7 Å². The average molecular weight is 339 g/mol. The second-order valence-electron chi connectivity index (χ2n) is 6.03. The van der Waals surface area contributed by atoms with Crippen molar-refractivity contribution in [3.63, 3.8) is 0 Å². The lowest BCUT2D eigenvalue weighted by Crippen LogP contribution is -2.26. The van der Waals surface area contributed by atoms with Gasteiger partial charge in [-0.15, -0.1) is 0 Å². The number of amides is 1. The number of aromatic nitrogens is 2. The summed E-state index contributed by atoms with van der Waals surface area (Å²) in [5.41, 5.74) is 1.55. The third-order valence-corrected chi connectivity index (χ3v) is 4.41. The molecule has 1 amide bonds. The lowest BCUT2D eigenvalue weighted by Gasteiger charge is -2.24. The van der Waals surface area contributed by atoms with Gasteiger partial charge in [-0.25, -0.2) is 13.5 Å². The number of carbonyl (C=O) groups is 1. The van der Waals surface area contributed by atoms with Crippen LogP contribution in [0.15, 0.2) is 54.7 Å². The third kappa shape index (κ3) is 2.80. The van der Waals surface area contributed by atoms with E-state index in [1.807, 2.05) is 30.3 Å². The van der Waals surface area contributed by atoms with E-state index in [9.17, 15) is 13.6 Å². The lowest BCUT2D eigenvalue weighted by molar-refractivity contribution is -0.116. The Bertz CT molecular complexity index is 917. The molecule has 1 N–H and O–H groups in total. The van der Waals surface area contributed by atoms with Crippen molar-refractivity contribution in [2.45, 2.75) is 18.9 Å². The van der Waals surface area contributed by atoms with Crippen LogP contribution < -0.4 is 5.32 Å². The topological polar surface area (TPSA) is 46.9 Å². The molecule has 4 rings (SSSR count). The van der Waals surface area contributed by atoms with Gasteiger partial charge in [-0.05, 0) is 17.7 Å². The Kier molecular flexibility index (Phi) is 3.80. The van der Waals surface area contributed by atoms with Gasteiger partial charge in [-0.2, -0.15) is 5.10 Å². The Labute approximate surface area is 143 Å². The van der Waals surface area contributed by atoms with E-state index < -0.39 is 17.6 Å². The molecule has 1 aliphatic heterocycles. The minimum absolute atomic E-state index is 0.0120. The van der Waals surface area contributed by atoms with Crippen molar-refractivity contribution in [2.24, 2.45) is 0 Å². The zero-order chi connectivity index (χ0) is 17.4. The summed E-state index contributed by atoms with van der Waals surface area (Å²) in [5, 5.41) is 7.10. The number of halogens is 2. The second-order valence-corrected chi connectivity index (χ2v) is 6.03. The highest BCUT2D eigenvalue weighted by Gasteiger charge is 2.33. The van der Waals surface area contributed by atoms with E-state index in [1.54, 1.807) is 10.9 Å². The lowest BCUT2D eigenvalue weighted by atomic mass is 9.86. The molecule has 4 nitrogen and oxygen atoms in total. The van der Waals surface area contributed by atoms with Crippen molar-refractivity contribution in [3.8, 4) is 0 Å². The third-order valence-electron chi connectivity index (χ3n) is 4.41. The molecule has 1 atom stereocenters. The van der Waals surface area contributed by atoms with Crippen molar-refractivity contribution >= 4 is 11.7 Å². The fourth-order valence-electron chi connectivity index (χ4n) is 3.25. The summed E-state index contributed by atoms with van der Waals surface area (Å²) in [6.07, 6.45) is 1.57. The van der Waals surface area contributed by atoms with Crippen molar-refractivity contribution in [1.29, 1.82) is 0 Å². The molecule has 2 aromatic carbocycles. The molecule has 0 aliphatic carbocycles. The van der Waals surface area contributed by atoms with Gasteiger partial charge in [0.25, 0.3) is 0 Å². The van der Waals surface area contributed by atoms with Crippen LogP contribution in [-0.2, 0) is 11.3 Å². The molecule has 0 bridgehead atoms. The summed E-state index contributed by atoms with van der Waals surface area (Å²) in [6.45, 7) is 0.461. The highest BCUT2D eigenvalue weighted by molar-refractivity contribution is 5.94. The maximum Gasteiger partial charge on any atom is 0.226 e. The van der Waals surface area contributed by atoms with E-state index in [-0.39, 0.29) is 17.9 Å². The zero-order valence-corrected chi connectivity index (χ0v) is 13.2. The normalized spacial score (nSPS) is 16.4. The van der Waals surface area contributed by atoms with Crippen LogP contribution in [0.2, 0.25) is 0 Å². The summed E-state index contributed by atoms with van der Waals surface area (Å²) < 4.78 is 30.1. The van der Waals surface area contributed by atoms with Gasteiger partial charge in [0, 0.05) is 23.5 Å². The number of rotatable bonds is 3. The molecular formula is C19H15F2N3O. The van der Waals surface area contributed by atoms with Crippen LogP contribution in [0, 0.1) is 11.6 Å². The fraction of sp³-hybridized carbons (Fsp3) is 0.158. The van der Waals surface area contributed by atoms with Crippen LogP contribution in [-0.4, -0.2) is 15.7 Å². The SMILES string of the molecule is O=C1C[C@H](c2c(F)cccc2F)c2cnn(Cc3ccccc3)c2N1. The Morgan fingerprint density at radius 1 is 1.08 bits per heavy atom. The first-order valence-corrected chi connectivity index (χ1v) is 7.97. The number of carbonyl (C=O) groups excluding carboxylic acids is 1. The largest absolute Gasteiger partial charge is 0.311 e. The molecule has 0 saturated heterocycles. The quantitative estimate of drug-likeness (QED) is 0.791. The minimum Gasteiger partial charge on any atom is -0.311 e. The van der Waals surface area contributed by atoms with Gasteiger partial charge in [-0.1, -0.05) is 36.4 Å². The monoisotopic (exact) mass is 339 g/mol. The molecule has 0 radical (unpaired) electrons. The van der Waals surface area contributed by atoms with Gasteiger partial charge in [0.15, 0.2) is 0 Å². The van der Waals surface area contributed by atoms with Crippen molar-refractivity contribution in [3.05, 3.63) is 83.1 Å². The van der Waals surface area contributed by atoms with Gasteiger partial charge < -0.3 is 5.32 Å². The first kappa shape index (κ1) is 15.5. The van der Waals surface area contributed by atoms with Crippen LogP contribution in [0.1, 0.15) is 29.0 Å². The summed E-state index contributed by atoms with van der Waals surface area (Å²) in [6, 6.07) is 13.4. The molecule has 3 aromatic rings. The number of nitrogens with zero attached hydrogens (tertiary/aromatic N) is 2. The summed E-state index contributed by atoms with van der Waals surface area (Å²) in [5.74, 6) is -1.78. The number of benzene rings is 2. The van der Waals surface area contributed by atoms with Crippen molar-refractivity contribution in [1.82, 2.24) is 9.78 Å². The van der Waals surface area contributed by atoms with E-state index in [0.717, 1.165) is 5.56 Å². The van der Waals surface area contributed by atoms with E-state index in [1.165, 1.54) is 18.2 Å². The molecule has 0 unspecified atom stereocenters. The predicted octanol–water partition coefficient (Wildman–Crippen LogP) is 3.68. The van der Waals surface area contributed by atoms with Gasteiger partial charge in [0.1, 0.15) is 17.5 Å².